The van der Waals surface area contributed by atoms with E-state index in [4.69, 9.17) is 4.74 Å². The van der Waals surface area contributed by atoms with E-state index in [1.165, 1.54) is 6.33 Å². The predicted octanol–water partition coefficient (Wildman–Crippen LogP) is 0.637. The topological polar surface area (TPSA) is 99.7 Å². The molecule has 0 spiro atoms. The highest BCUT2D eigenvalue weighted by molar-refractivity contribution is 5.33. The number of ether oxygens (including phenoxy) is 1. The van der Waals surface area contributed by atoms with Crippen molar-refractivity contribution in [3.05, 3.63) is 36.6 Å². The highest BCUT2D eigenvalue weighted by Gasteiger charge is 2.26. The van der Waals surface area contributed by atoms with E-state index in [9.17, 15) is 0 Å². The Hall–Kier alpha value is -3.04. The molecule has 0 saturated carbocycles. The van der Waals surface area contributed by atoms with Crippen molar-refractivity contribution in [1.29, 1.82) is 0 Å². The van der Waals surface area contributed by atoms with Gasteiger partial charge in [-0.15, -0.1) is 10.2 Å². The molecule has 0 radical (unpaired) electrons. The van der Waals surface area contributed by atoms with Gasteiger partial charge in [-0.05, 0) is 12.8 Å². The summed E-state index contributed by atoms with van der Waals surface area (Å²) < 4.78 is 9.01. The third-order valence-corrected chi connectivity index (χ3v) is 4.74. The van der Waals surface area contributed by atoms with Gasteiger partial charge in [0.1, 0.15) is 25.0 Å². The fourth-order valence-corrected chi connectivity index (χ4v) is 3.26. The maximum absolute atomic E-state index is 5.19. The fraction of sp³-hybridized carbons (Fsp3) is 0.500. The van der Waals surface area contributed by atoms with E-state index in [2.05, 4.69) is 39.7 Å². The summed E-state index contributed by atoms with van der Waals surface area (Å²) in [4.78, 5) is 14.9. The largest absolute Gasteiger partial charge is 0.481 e. The van der Waals surface area contributed by atoms with Crippen LogP contribution in [0.25, 0.3) is 0 Å². The first-order valence-corrected chi connectivity index (χ1v) is 8.57. The molecule has 1 aliphatic heterocycles. The Morgan fingerprint density at radius 1 is 1.23 bits per heavy atom. The van der Waals surface area contributed by atoms with Crippen LogP contribution in [0.2, 0.25) is 0 Å². The van der Waals surface area contributed by atoms with Crippen molar-refractivity contribution in [2.24, 2.45) is 7.05 Å². The second-order valence-corrected chi connectivity index (χ2v) is 6.29. The van der Waals surface area contributed by atoms with E-state index in [1.54, 1.807) is 30.4 Å². The first-order valence-electron chi connectivity index (χ1n) is 8.57. The summed E-state index contributed by atoms with van der Waals surface area (Å²) >= 11 is 0. The molecule has 1 aliphatic rings. The molecule has 136 valence electrons. The molecule has 4 rings (SSSR count). The molecular weight excluding hydrogens is 334 g/mol. The van der Waals surface area contributed by atoms with Gasteiger partial charge in [0.05, 0.1) is 7.11 Å². The van der Waals surface area contributed by atoms with Crippen LogP contribution in [0.5, 0.6) is 5.88 Å². The molecule has 0 amide bonds. The van der Waals surface area contributed by atoms with E-state index < -0.39 is 0 Å². The van der Waals surface area contributed by atoms with Crippen LogP contribution in [0.3, 0.4) is 0 Å². The lowest BCUT2D eigenvalue weighted by Crippen LogP contribution is -2.34. The molecule has 0 aromatic carbocycles. The zero-order chi connectivity index (χ0) is 17.9. The Morgan fingerprint density at radius 3 is 2.81 bits per heavy atom. The van der Waals surface area contributed by atoms with Crippen LogP contribution in [0.1, 0.15) is 30.4 Å². The second kappa shape index (κ2) is 7.06. The summed E-state index contributed by atoms with van der Waals surface area (Å²) in [5, 5.41) is 12.9. The number of nitrogens with zero attached hydrogens (tertiary/aromatic N) is 9. The van der Waals surface area contributed by atoms with Gasteiger partial charge < -0.3 is 14.2 Å². The van der Waals surface area contributed by atoms with Gasteiger partial charge in [-0.3, -0.25) is 0 Å². The zero-order valence-electron chi connectivity index (χ0n) is 14.9. The third-order valence-electron chi connectivity index (χ3n) is 4.74. The van der Waals surface area contributed by atoms with Crippen molar-refractivity contribution >= 4 is 5.95 Å². The number of piperidine rings is 1. The summed E-state index contributed by atoms with van der Waals surface area (Å²) in [5.41, 5.74) is 0. The van der Waals surface area contributed by atoms with E-state index in [0.717, 1.165) is 37.6 Å². The van der Waals surface area contributed by atoms with Gasteiger partial charge in [0.15, 0.2) is 5.82 Å². The maximum atomic E-state index is 5.19. The third kappa shape index (κ3) is 3.22. The van der Waals surface area contributed by atoms with Crippen LogP contribution < -0.4 is 9.64 Å². The first kappa shape index (κ1) is 16.4. The number of hydrogen-bond donors (Lipinski definition) is 0. The van der Waals surface area contributed by atoms with Crippen molar-refractivity contribution in [3.8, 4) is 5.88 Å². The van der Waals surface area contributed by atoms with Gasteiger partial charge in [0, 0.05) is 38.3 Å². The van der Waals surface area contributed by atoms with Gasteiger partial charge >= 0.3 is 0 Å². The molecule has 26 heavy (non-hydrogen) atoms. The highest BCUT2D eigenvalue weighted by Crippen LogP contribution is 2.28. The van der Waals surface area contributed by atoms with Crippen LogP contribution in [-0.2, 0) is 13.6 Å². The molecule has 1 saturated heterocycles. The van der Waals surface area contributed by atoms with E-state index in [1.807, 2.05) is 7.05 Å². The monoisotopic (exact) mass is 355 g/mol. The van der Waals surface area contributed by atoms with Crippen LogP contribution in [0.4, 0.5) is 5.95 Å². The molecule has 0 aliphatic carbocycles. The molecule has 0 unspecified atom stereocenters. The number of methoxy groups -OCH3 is 1. The lowest BCUT2D eigenvalue weighted by molar-refractivity contribution is 0.395. The van der Waals surface area contributed by atoms with Crippen LogP contribution in [0.15, 0.2) is 24.9 Å². The summed E-state index contributed by atoms with van der Waals surface area (Å²) in [5.74, 6) is 3.57. The Labute approximate surface area is 150 Å². The molecule has 0 atom stereocenters. The van der Waals surface area contributed by atoms with Crippen molar-refractivity contribution in [2.75, 3.05) is 25.1 Å². The highest BCUT2D eigenvalue weighted by atomic mass is 16.5. The number of rotatable bonds is 5. The molecule has 1 fully saturated rings. The standard InChI is InChI=1S/C16H21N9O/c1-23-13(9-25-11-17-10-19-25)21-22-15(23)12-4-7-24(8-5-12)16-18-6-3-14(20-16)26-2/h3,6,10-12H,4-5,7-9H2,1-2H3. The zero-order valence-corrected chi connectivity index (χ0v) is 14.9. The molecule has 10 nitrogen and oxygen atoms in total. The van der Waals surface area contributed by atoms with Gasteiger partial charge in [0.25, 0.3) is 0 Å². The summed E-state index contributed by atoms with van der Waals surface area (Å²) in [6, 6.07) is 1.76. The average Bonchev–Trinajstić information content (AvgIpc) is 3.33. The number of anilines is 1. The number of aromatic nitrogens is 8. The minimum absolute atomic E-state index is 0.374. The fourth-order valence-electron chi connectivity index (χ4n) is 3.26. The summed E-state index contributed by atoms with van der Waals surface area (Å²) in [6.07, 6.45) is 6.90. The SMILES string of the molecule is COc1ccnc(N2CCC(c3nnc(Cn4cncn4)n3C)CC2)n1. The molecule has 3 aromatic heterocycles. The quantitative estimate of drug-likeness (QED) is 0.657. The number of hydrogen-bond acceptors (Lipinski definition) is 8. The average molecular weight is 355 g/mol. The lowest BCUT2D eigenvalue weighted by atomic mass is 9.96. The predicted molar refractivity (Wildman–Crippen MR) is 92.9 cm³/mol. The molecule has 0 N–H and O–H groups in total. The van der Waals surface area contributed by atoms with Crippen LogP contribution >= 0.6 is 0 Å². The summed E-state index contributed by atoms with van der Waals surface area (Å²) in [7, 11) is 3.63. The van der Waals surface area contributed by atoms with Gasteiger partial charge in [-0.1, -0.05) is 0 Å². The Bertz CT molecular complexity index is 852. The first-order chi connectivity index (χ1) is 12.7. The second-order valence-electron chi connectivity index (χ2n) is 6.29. The maximum Gasteiger partial charge on any atom is 0.228 e. The van der Waals surface area contributed by atoms with E-state index in [-0.39, 0.29) is 0 Å². The lowest BCUT2D eigenvalue weighted by Gasteiger charge is -2.31. The van der Waals surface area contributed by atoms with E-state index >= 15 is 0 Å². The molecule has 10 heteroatoms. The minimum atomic E-state index is 0.374. The van der Waals surface area contributed by atoms with Gasteiger partial charge in [-0.2, -0.15) is 10.1 Å². The van der Waals surface area contributed by atoms with Crippen molar-refractivity contribution in [3.63, 3.8) is 0 Å². The van der Waals surface area contributed by atoms with Crippen LogP contribution in [-0.4, -0.2) is 59.7 Å². The smallest absolute Gasteiger partial charge is 0.228 e. The summed E-state index contributed by atoms with van der Waals surface area (Å²) in [6.45, 7) is 2.33. The Balaban J connectivity index is 1.42. The minimum Gasteiger partial charge on any atom is -0.481 e. The van der Waals surface area contributed by atoms with Crippen molar-refractivity contribution in [1.82, 2.24) is 39.5 Å². The molecule has 3 aromatic rings. The van der Waals surface area contributed by atoms with Crippen molar-refractivity contribution < 1.29 is 4.74 Å². The molecule has 4 heterocycles. The molecular formula is C16H21N9O. The molecule has 0 bridgehead atoms. The normalized spacial score (nSPS) is 15.4. The van der Waals surface area contributed by atoms with Gasteiger partial charge in [-0.25, -0.2) is 14.6 Å². The van der Waals surface area contributed by atoms with Gasteiger partial charge in [0.2, 0.25) is 11.8 Å². The van der Waals surface area contributed by atoms with Crippen molar-refractivity contribution in [2.45, 2.75) is 25.3 Å². The Morgan fingerprint density at radius 2 is 2.08 bits per heavy atom. The van der Waals surface area contributed by atoms with Crippen LogP contribution in [0, 0.1) is 0 Å². The Kier molecular flexibility index (Phi) is 4.46. The van der Waals surface area contributed by atoms with E-state index in [0.29, 0.717) is 24.3 Å².